The van der Waals surface area contributed by atoms with E-state index in [-0.39, 0.29) is 5.75 Å². The molecule has 1 unspecified atom stereocenters. The lowest BCUT2D eigenvalue weighted by atomic mass is 10.0. The summed E-state index contributed by atoms with van der Waals surface area (Å²) < 4.78 is 28.7. The predicted octanol–water partition coefficient (Wildman–Crippen LogP) is 3.75. The summed E-state index contributed by atoms with van der Waals surface area (Å²) in [5.41, 5.74) is 1.06. The van der Waals surface area contributed by atoms with Gasteiger partial charge in [-0.3, -0.25) is 0 Å². The lowest BCUT2D eigenvalue weighted by Crippen LogP contribution is -2.28. The Kier molecular flexibility index (Phi) is 5.58. The van der Waals surface area contributed by atoms with Crippen molar-refractivity contribution in [2.75, 3.05) is 6.54 Å². The van der Waals surface area contributed by atoms with Crippen molar-refractivity contribution in [2.24, 2.45) is 0 Å². The van der Waals surface area contributed by atoms with Gasteiger partial charge >= 0.3 is 6.61 Å². The zero-order valence-electron chi connectivity index (χ0n) is 11.1. The number of rotatable bonds is 5. The molecule has 1 atom stereocenters. The number of alkyl halides is 2. The number of nitrogens with one attached hydrogen (secondary N) is 1. The molecule has 2 nitrogen and oxygen atoms in total. The van der Waals surface area contributed by atoms with Crippen LogP contribution >= 0.6 is 0 Å². The number of benzene rings is 1. The van der Waals surface area contributed by atoms with Crippen molar-refractivity contribution in [1.29, 1.82) is 0 Å². The topological polar surface area (TPSA) is 21.3 Å². The van der Waals surface area contributed by atoms with Crippen molar-refractivity contribution in [1.82, 2.24) is 5.32 Å². The minimum absolute atomic E-state index is 0.251. The van der Waals surface area contributed by atoms with Gasteiger partial charge in [-0.15, -0.1) is 0 Å². The van der Waals surface area contributed by atoms with E-state index in [0.717, 1.165) is 24.9 Å². The van der Waals surface area contributed by atoms with Crippen LogP contribution < -0.4 is 10.1 Å². The maximum absolute atomic E-state index is 12.1. The third-order valence-corrected chi connectivity index (χ3v) is 3.57. The zero-order valence-corrected chi connectivity index (χ0v) is 11.1. The first-order valence-electron chi connectivity index (χ1n) is 7.01. The van der Waals surface area contributed by atoms with Crippen LogP contribution in [0.2, 0.25) is 0 Å². The monoisotopic (exact) mass is 269 g/mol. The van der Waals surface area contributed by atoms with Gasteiger partial charge in [0.25, 0.3) is 0 Å². The standard InChI is InChI=1S/C15H21F2NO/c16-15(17)19-14-7-4-5-12(11-14)8-9-13-6-2-1-3-10-18-13/h4-5,7,11,13,15,18H,1-3,6,8-10H2. The van der Waals surface area contributed by atoms with Gasteiger partial charge in [0.05, 0.1) is 0 Å². The molecule has 19 heavy (non-hydrogen) atoms. The fourth-order valence-corrected chi connectivity index (χ4v) is 2.57. The highest BCUT2D eigenvalue weighted by Crippen LogP contribution is 2.19. The Morgan fingerprint density at radius 2 is 2.16 bits per heavy atom. The van der Waals surface area contributed by atoms with Crippen molar-refractivity contribution < 1.29 is 13.5 Å². The van der Waals surface area contributed by atoms with Crippen LogP contribution in [0, 0.1) is 0 Å². The highest BCUT2D eigenvalue weighted by Gasteiger charge is 2.11. The largest absolute Gasteiger partial charge is 0.435 e. The van der Waals surface area contributed by atoms with Crippen molar-refractivity contribution in [3.05, 3.63) is 29.8 Å². The Labute approximate surface area is 113 Å². The normalized spacial score (nSPS) is 20.3. The molecule has 1 N–H and O–H groups in total. The van der Waals surface area contributed by atoms with Gasteiger partial charge in [-0.1, -0.05) is 25.0 Å². The molecular weight excluding hydrogens is 248 g/mol. The molecular formula is C15H21F2NO. The molecule has 0 aromatic heterocycles. The van der Waals surface area contributed by atoms with Crippen molar-refractivity contribution in [2.45, 2.75) is 51.2 Å². The van der Waals surface area contributed by atoms with E-state index < -0.39 is 6.61 Å². The summed E-state index contributed by atoms with van der Waals surface area (Å²) in [5, 5.41) is 3.55. The Morgan fingerprint density at radius 1 is 1.26 bits per heavy atom. The SMILES string of the molecule is FC(F)Oc1cccc(CCC2CCCCCN2)c1. The highest BCUT2D eigenvalue weighted by atomic mass is 19.3. The van der Waals surface area contributed by atoms with Crippen LogP contribution in [0.4, 0.5) is 8.78 Å². The average Bonchev–Trinajstić information content (AvgIpc) is 2.64. The molecule has 1 aromatic rings. The Hall–Kier alpha value is -1.16. The van der Waals surface area contributed by atoms with E-state index in [2.05, 4.69) is 10.1 Å². The van der Waals surface area contributed by atoms with Crippen LogP contribution in [-0.2, 0) is 6.42 Å². The van der Waals surface area contributed by atoms with Crippen LogP contribution in [0.3, 0.4) is 0 Å². The van der Waals surface area contributed by atoms with E-state index in [1.807, 2.05) is 6.07 Å². The van der Waals surface area contributed by atoms with Crippen molar-refractivity contribution in [3.8, 4) is 5.75 Å². The Balaban J connectivity index is 1.84. The van der Waals surface area contributed by atoms with Gasteiger partial charge < -0.3 is 10.1 Å². The van der Waals surface area contributed by atoms with Crippen LogP contribution in [-0.4, -0.2) is 19.2 Å². The van der Waals surface area contributed by atoms with Gasteiger partial charge in [-0.2, -0.15) is 8.78 Å². The summed E-state index contributed by atoms with van der Waals surface area (Å²) in [6.45, 7) is -1.65. The fraction of sp³-hybridized carbons (Fsp3) is 0.600. The maximum atomic E-state index is 12.1. The number of hydrogen-bond donors (Lipinski definition) is 1. The predicted molar refractivity (Wildman–Crippen MR) is 71.7 cm³/mol. The molecule has 0 spiro atoms. The molecule has 0 saturated carbocycles. The molecule has 0 radical (unpaired) electrons. The second-order valence-corrected chi connectivity index (χ2v) is 5.06. The average molecular weight is 269 g/mol. The van der Waals surface area contributed by atoms with Gasteiger partial charge in [0.1, 0.15) is 5.75 Å². The minimum atomic E-state index is -2.75. The van der Waals surface area contributed by atoms with E-state index in [1.54, 1.807) is 18.2 Å². The smallest absolute Gasteiger partial charge is 0.387 e. The molecule has 1 fully saturated rings. The summed E-state index contributed by atoms with van der Waals surface area (Å²) in [6, 6.07) is 7.58. The van der Waals surface area contributed by atoms with E-state index >= 15 is 0 Å². The van der Waals surface area contributed by atoms with E-state index in [1.165, 1.54) is 25.7 Å². The first kappa shape index (κ1) is 14.3. The van der Waals surface area contributed by atoms with Gasteiger partial charge in [0, 0.05) is 6.04 Å². The molecule has 106 valence electrons. The molecule has 1 heterocycles. The van der Waals surface area contributed by atoms with Crippen LogP contribution in [0.5, 0.6) is 5.75 Å². The number of aryl methyl sites for hydroxylation is 1. The van der Waals surface area contributed by atoms with E-state index in [9.17, 15) is 8.78 Å². The molecule has 1 aliphatic heterocycles. The van der Waals surface area contributed by atoms with Gasteiger partial charge in [-0.05, 0) is 49.9 Å². The number of hydrogen-bond acceptors (Lipinski definition) is 2. The maximum Gasteiger partial charge on any atom is 0.387 e. The molecule has 0 aliphatic carbocycles. The summed E-state index contributed by atoms with van der Waals surface area (Å²) >= 11 is 0. The molecule has 1 aliphatic rings. The second kappa shape index (κ2) is 7.43. The first-order chi connectivity index (χ1) is 9.24. The summed E-state index contributed by atoms with van der Waals surface area (Å²) in [6.07, 6.45) is 7.02. The lowest BCUT2D eigenvalue weighted by Gasteiger charge is -2.15. The lowest BCUT2D eigenvalue weighted by molar-refractivity contribution is -0.0498. The number of halogens is 2. The van der Waals surface area contributed by atoms with E-state index in [0.29, 0.717) is 6.04 Å². The third kappa shape index (κ3) is 5.15. The van der Waals surface area contributed by atoms with Crippen LogP contribution in [0.25, 0.3) is 0 Å². The summed E-state index contributed by atoms with van der Waals surface area (Å²) in [4.78, 5) is 0. The molecule has 0 amide bonds. The Bertz CT molecular complexity index is 376. The first-order valence-corrected chi connectivity index (χ1v) is 7.01. The fourth-order valence-electron chi connectivity index (χ4n) is 2.57. The van der Waals surface area contributed by atoms with Crippen LogP contribution in [0.1, 0.15) is 37.7 Å². The molecule has 1 saturated heterocycles. The quantitative estimate of drug-likeness (QED) is 0.879. The van der Waals surface area contributed by atoms with Crippen LogP contribution in [0.15, 0.2) is 24.3 Å². The molecule has 0 bridgehead atoms. The van der Waals surface area contributed by atoms with Gasteiger partial charge in [0.2, 0.25) is 0 Å². The molecule has 1 aromatic carbocycles. The van der Waals surface area contributed by atoms with Crippen molar-refractivity contribution in [3.63, 3.8) is 0 Å². The summed E-state index contributed by atoms with van der Waals surface area (Å²) in [5.74, 6) is 0.251. The summed E-state index contributed by atoms with van der Waals surface area (Å²) in [7, 11) is 0. The Morgan fingerprint density at radius 3 is 3.00 bits per heavy atom. The van der Waals surface area contributed by atoms with Gasteiger partial charge in [0.15, 0.2) is 0 Å². The molecule has 2 rings (SSSR count). The second-order valence-electron chi connectivity index (χ2n) is 5.06. The zero-order chi connectivity index (χ0) is 13.5. The van der Waals surface area contributed by atoms with Crippen molar-refractivity contribution >= 4 is 0 Å². The number of ether oxygens (including phenoxy) is 1. The van der Waals surface area contributed by atoms with Gasteiger partial charge in [-0.25, -0.2) is 0 Å². The minimum Gasteiger partial charge on any atom is -0.435 e. The third-order valence-electron chi connectivity index (χ3n) is 3.57. The molecule has 4 heteroatoms. The van der Waals surface area contributed by atoms with E-state index in [4.69, 9.17) is 0 Å². The highest BCUT2D eigenvalue weighted by molar-refractivity contribution is 5.28.